The summed E-state index contributed by atoms with van der Waals surface area (Å²) in [5.74, 6) is -0.915. The molecule has 0 fully saturated rings. The molecule has 0 bridgehead atoms. The van der Waals surface area contributed by atoms with E-state index in [1.807, 2.05) is 19.9 Å². The van der Waals surface area contributed by atoms with Gasteiger partial charge in [0, 0.05) is 18.3 Å². The van der Waals surface area contributed by atoms with Crippen LogP contribution >= 0.6 is 0 Å². The quantitative estimate of drug-likeness (QED) is 0.361. The molecule has 1 N–H and O–H groups in total. The third-order valence-electron chi connectivity index (χ3n) is 3.41. The summed E-state index contributed by atoms with van der Waals surface area (Å²) < 4.78 is 9.78. The maximum Gasteiger partial charge on any atom is 0.348 e. The van der Waals surface area contributed by atoms with E-state index in [4.69, 9.17) is 14.7 Å². The summed E-state index contributed by atoms with van der Waals surface area (Å²) in [6.07, 6.45) is 2.97. The van der Waals surface area contributed by atoms with Crippen molar-refractivity contribution in [1.82, 2.24) is 4.98 Å². The van der Waals surface area contributed by atoms with Crippen LogP contribution in [0.4, 0.5) is 0 Å². The van der Waals surface area contributed by atoms with Gasteiger partial charge in [-0.1, -0.05) is 0 Å². The van der Waals surface area contributed by atoms with Crippen LogP contribution in [0.15, 0.2) is 5.57 Å². The smallest absolute Gasteiger partial charge is 0.348 e. The number of H-pyrrole nitrogens is 1. The predicted molar refractivity (Wildman–Crippen MR) is 85.4 cm³/mol. The Balaban J connectivity index is 2.90. The lowest BCUT2D eigenvalue weighted by atomic mass is 10.0. The highest BCUT2D eigenvalue weighted by atomic mass is 16.5. The van der Waals surface area contributed by atoms with Gasteiger partial charge < -0.3 is 14.5 Å². The van der Waals surface area contributed by atoms with Crippen LogP contribution in [0.3, 0.4) is 0 Å². The molecule has 0 saturated carbocycles. The second-order valence-electron chi connectivity index (χ2n) is 5.10. The normalized spacial score (nSPS) is 11.0. The van der Waals surface area contributed by atoms with Crippen LogP contribution in [-0.4, -0.2) is 30.1 Å². The van der Waals surface area contributed by atoms with Crippen molar-refractivity contribution in [3.63, 3.8) is 0 Å². The highest BCUT2D eigenvalue weighted by molar-refractivity contribution is 5.97. The number of ether oxygens (including phenoxy) is 2. The second kappa shape index (κ2) is 8.79. The van der Waals surface area contributed by atoms with Crippen molar-refractivity contribution >= 4 is 18.0 Å². The molecule has 0 saturated heterocycles. The summed E-state index contributed by atoms with van der Waals surface area (Å²) in [6.45, 7) is 7.53. The first kappa shape index (κ1) is 18.5. The van der Waals surface area contributed by atoms with E-state index in [9.17, 15) is 9.59 Å². The lowest BCUT2D eigenvalue weighted by molar-refractivity contribution is -0.141. The molecule has 0 aliphatic carbocycles. The zero-order valence-electron chi connectivity index (χ0n) is 14.0. The maximum absolute atomic E-state index is 11.7. The van der Waals surface area contributed by atoms with E-state index in [1.54, 1.807) is 6.92 Å². The average molecular weight is 318 g/mol. The molecular weight excluding hydrogens is 296 g/mol. The molecule has 0 aromatic carbocycles. The Morgan fingerprint density at radius 3 is 2.57 bits per heavy atom. The molecule has 1 aromatic heterocycles. The number of aromatic nitrogens is 1. The Morgan fingerprint density at radius 2 is 2.00 bits per heavy atom. The molecule has 0 radical (unpaired) electrons. The number of nitrogens with one attached hydrogen (secondary N) is 1. The Hall–Kier alpha value is -2.55. The molecule has 1 rings (SSSR count). The zero-order valence-corrected chi connectivity index (χ0v) is 14.0. The van der Waals surface area contributed by atoms with E-state index >= 15 is 0 Å². The third-order valence-corrected chi connectivity index (χ3v) is 3.41. The fraction of sp³-hybridized carbons (Fsp3) is 0.471. The first-order valence-electron chi connectivity index (χ1n) is 7.51. The van der Waals surface area contributed by atoms with Crippen LogP contribution in [0.25, 0.3) is 6.08 Å². The van der Waals surface area contributed by atoms with E-state index in [0.717, 1.165) is 28.9 Å². The number of carbonyl (C=O) groups is 2. The number of rotatable bonds is 7. The minimum absolute atomic E-state index is 0.0392. The van der Waals surface area contributed by atoms with Gasteiger partial charge in [0.05, 0.1) is 13.2 Å². The van der Waals surface area contributed by atoms with Crippen LogP contribution < -0.4 is 0 Å². The van der Waals surface area contributed by atoms with E-state index < -0.39 is 5.97 Å². The first-order chi connectivity index (χ1) is 10.9. The van der Waals surface area contributed by atoms with E-state index in [-0.39, 0.29) is 18.1 Å². The van der Waals surface area contributed by atoms with Crippen LogP contribution in [0.1, 0.15) is 42.8 Å². The summed E-state index contributed by atoms with van der Waals surface area (Å²) in [6, 6.07) is 1.86. The predicted octanol–water partition coefficient (Wildman–Crippen LogP) is 2.60. The van der Waals surface area contributed by atoms with Gasteiger partial charge in [-0.25, -0.2) is 4.79 Å². The Bertz CT molecular complexity index is 650. The standard InChI is InChI=1S/C17H22N2O4/c1-5-22-17(21)14(10-18)9-16-11(2)15(12(3)19-16)7-6-8-23-13(4)20/h9,19H,5-8H2,1-4H3/b14-9+. The zero-order chi connectivity index (χ0) is 17.4. The van der Waals surface area contributed by atoms with Crippen LogP contribution in [0.5, 0.6) is 0 Å². The van der Waals surface area contributed by atoms with Crippen molar-refractivity contribution in [1.29, 1.82) is 5.26 Å². The van der Waals surface area contributed by atoms with Gasteiger partial charge in [0.15, 0.2) is 0 Å². The lowest BCUT2D eigenvalue weighted by Crippen LogP contribution is -2.06. The molecule has 1 aromatic rings. The molecule has 0 aliphatic heterocycles. The number of hydrogen-bond acceptors (Lipinski definition) is 5. The fourth-order valence-corrected chi connectivity index (χ4v) is 2.29. The minimum Gasteiger partial charge on any atom is -0.466 e. The Labute approximate surface area is 136 Å². The van der Waals surface area contributed by atoms with Gasteiger partial charge in [0.1, 0.15) is 11.6 Å². The Morgan fingerprint density at radius 1 is 1.30 bits per heavy atom. The molecular formula is C17H22N2O4. The van der Waals surface area contributed by atoms with Gasteiger partial charge in [-0.15, -0.1) is 0 Å². The largest absolute Gasteiger partial charge is 0.466 e. The van der Waals surface area contributed by atoms with Crippen LogP contribution in [0, 0.1) is 25.2 Å². The van der Waals surface area contributed by atoms with Crippen molar-refractivity contribution in [2.24, 2.45) is 0 Å². The second-order valence-corrected chi connectivity index (χ2v) is 5.10. The summed E-state index contributed by atoms with van der Waals surface area (Å²) in [5, 5.41) is 9.10. The third kappa shape index (κ3) is 5.29. The molecule has 0 amide bonds. The van der Waals surface area contributed by atoms with Gasteiger partial charge in [0.25, 0.3) is 0 Å². The van der Waals surface area contributed by atoms with Crippen LogP contribution in [-0.2, 0) is 25.5 Å². The summed E-state index contributed by atoms with van der Waals surface area (Å²) in [4.78, 5) is 25.6. The highest BCUT2D eigenvalue weighted by Gasteiger charge is 2.14. The molecule has 0 aliphatic rings. The summed E-state index contributed by atoms with van der Waals surface area (Å²) >= 11 is 0. The maximum atomic E-state index is 11.7. The topological polar surface area (TPSA) is 92.2 Å². The lowest BCUT2D eigenvalue weighted by Gasteiger charge is -2.03. The van der Waals surface area contributed by atoms with E-state index in [2.05, 4.69) is 4.98 Å². The van der Waals surface area contributed by atoms with E-state index in [1.165, 1.54) is 13.0 Å². The van der Waals surface area contributed by atoms with Gasteiger partial charge in [-0.3, -0.25) is 4.79 Å². The Kier molecular flexibility index (Phi) is 7.07. The van der Waals surface area contributed by atoms with Crippen LogP contribution in [0.2, 0.25) is 0 Å². The number of aryl methyl sites for hydroxylation is 1. The number of carbonyl (C=O) groups excluding carboxylic acids is 2. The van der Waals surface area contributed by atoms with Crippen molar-refractivity contribution in [3.8, 4) is 6.07 Å². The molecule has 0 unspecified atom stereocenters. The number of aromatic amines is 1. The number of nitrogens with zero attached hydrogens (tertiary/aromatic N) is 1. The van der Waals surface area contributed by atoms with E-state index in [0.29, 0.717) is 13.0 Å². The van der Waals surface area contributed by atoms with Crippen molar-refractivity contribution in [2.45, 2.75) is 40.5 Å². The summed E-state index contributed by atoms with van der Waals surface area (Å²) in [5.41, 5.74) is 3.72. The highest BCUT2D eigenvalue weighted by Crippen LogP contribution is 2.22. The van der Waals surface area contributed by atoms with Gasteiger partial charge >= 0.3 is 11.9 Å². The first-order valence-corrected chi connectivity index (χ1v) is 7.51. The van der Waals surface area contributed by atoms with Gasteiger partial charge in [-0.05, 0) is 50.8 Å². The molecule has 6 heteroatoms. The van der Waals surface area contributed by atoms with Crippen molar-refractivity contribution < 1.29 is 19.1 Å². The molecule has 1 heterocycles. The number of nitriles is 1. The fourth-order valence-electron chi connectivity index (χ4n) is 2.29. The van der Waals surface area contributed by atoms with Crippen molar-refractivity contribution in [2.75, 3.05) is 13.2 Å². The molecule has 0 atom stereocenters. The number of esters is 2. The summed E-state index contributed by atoms with van der Waals surface area (Å²) in [7, 11) is 0. The molecule has 6 nitrogen and oxygen atoms in total. The van der Waals surface area contributed by atoms with Gasteiger partial charge in [0.2, 0.25) is 0 Å². The van der Waals surface area contributed by atoms with Crippen molar-refractivity contribution in [3.05, 3.63) is 28.1 Å². The molecule has 23 heavy (non-hydrogen) atoms. The molecule has 124 valence electrons. The SMILES string of the molecule is CCOC(=O)/C(C#N)=C/c1[nH]c(C)c(CCCOC(C)=O)c1C. The average Bonchev–Trinajstić information content (AvgIpc) is 2.75. The molecule has 0 spiro atoms. The number of hydrogen-bond donors (Lipinski definition) is 1. The minimum atomic E-state index is -0.627. The monoisotopic (exact) mass is 318 g/mol. The van der Waals surface area contributed by atoms with Gasteiger partial charge in [-0.2, -0.15) is 5.26 Å².